The van der Waals surface area contributed by atoms with Crippen molar-refractivity contribution in [3.05, 3.63) is 47.5 Å². The number of piperidine rings is 1. The summed E-state index contributed by atoms with van der Waals surface area (Å²) < 4.78 is 1.90. The Hall–Kier alpha value is -2.17. The number of hydrogen-bond donors (Lipinski definition) is 0. The van der Waals surface area contributed by atoms with Crippen LogP contribution in [-0.2, 0) is 17.8 Å². The fraction of sp³-hybridized carbons (Fsp3) is 0.526. The molecule has 0 aromatic carbocycles. The summed E-state index contributed by atoms with van der Waals surface area (Å²) in [6, 6.07) is 6.19. The smallest absolute Gasteiger partial charge is 0.224 e. The molecule has 3 rings (SSSR count). The molecule has 5 nitrogen and oxygen atoms in total. The standard InChI is InChI=1S/C19H26N4O/c1-15-5-6-17(13-20-15)12-18-4-3-10-22(14-18)19(24)8-11-23-16(2)7-9-21-23/h5-7,9,13,18H,3-4,8,10-12,14H2,1-2H3/t18-/m1/s1. The third kappa shape index (κ3) is 4.22. The maximum absolute atomic E-state index is 12.5. The zero-order valence-corrected chi connectivity index (χ0v) is 14.6. The van der Waals surface area contributed by atoms with E-state index < -0.39 is 0 Å². The summed E-state index contributed by atoms with van der Waals surface area (Å²) in [5.74, 6) is 0.787. The Morgan fingerprint density at radius 3 is 2.88 bits per heavy atom. The van der Waals surface area contributed by atoms with E-state index in [-0.39, 0.29) is 5.91 Å². The number of rotatable bonds is 5. The van der Waals surface area contributed by atoms with Crippen LogP contribution in [0.2, 0.25) is 0 Å². The van der Waals surface area contributed by atoms with E-state index in [4.69, 9.17) is 0 Å². The number of aromatic nitrogens is 3. The fourth-order valence-corrected chi connectivity index (χ4v) is 3.40. The van der Waals surface area contributed by atoms with E-state index in [1.54, 1.807) is 6.20 Å². The zero-order valence-electron chi connectivity index (χ0n) is 14.6. The van der Waals surface area contributed by atoms with Crippen molar-refractivity contribution in [2.75, 3.05) is 13.1 Å². The molecular weight excluding hydrogens is 300 g/mol. The third-order valence-corrected chi connectivity index (χ3v) is 4.84. The van der Waals surface area contributed by atoms with Crippen molar-refractivity contribution in [2.24, 2.45) is 5.92 Å². The molecule has 0 aliphatic carbocycles. The quantitative estimate of drug-likeness (QED) is 0.849. The molecule has 0 unspecified atom stereocenters. The Labute approximate surface area is 143 Å². The topological polar surface area (TPSA) is 51.0 Å². The van der Waals surface area contributed by atoms with Gasteiger partial charge in [0.05, 0.1) is 0 Å². The predicted molar refractivity (Wildman–Crippen MR) is 93.6 cm³/mol. The van der Waals surface area contributed by atoms with Gasteiger partial charge in [-0.1, -0.05) is 6.07 Å². The number of amides is 1. The van der Waals surface area contributed by atoms with Gasteiger partial charge in [0.25, 0.3) is 0 Å². The SMILES string of the molecule is Cc1ccc(C[C@H]2CCCN(C(=O)CCn3nccc3C)C2)cn1. The van der Waals surface area contributed by atoms with Crippen molar-refractivity contribution >= 4 is 5.91 Å². The first kappa shape index (κ1) is 16.7. The maximum atomic E-state index is 12.5. The number of likely N-dealkylation sites (tertiary alicyclic amines) is 1. The van der Waals surface area contributed by atoms with Crippen LogP contribution in [0.3, 0.4) is 0 Å². The molecule has 1 amide bonds. The third-order valence-electron chi connectivity index (χ3n) is 4.84. The van der Waals surface area contributed by atoms with Gasteiger partial charge in [-0.15, -0.1) is 0 Å². The molecule has 0 spiro atoms. The van der Waals surface area contributed by atoms with Gasteiger partial charge in [-0.3, -0.25) is 14.5 Å². The van der Waals surface area contributed by atoms with Crippen LogP contribution in [0.5, 0.6) is 0 Å². The van der Waals surface area contributed by atoms with E-state index in [1.165, 1.54) is 12.0 Å². The summed E-state index contributed by atoms with van der Waals surface area (Å²) in [4.78, 5) is 18.9. The highest BCUT2D eigenvalue weighted by molar-refractivity contribution is 5.76. The van der Waals surface area contributed by atoms with Crippen molar-refractivity contribution < 1.29 is 4.79 Å². The summed E-state index contributed by atoms with van der Waals surface area (Å²) in [6.45, 7) is 6.45. The molecule has 1 atom stereocenters. The molecule has 0 radical (unpaired) electrons. The first-order valence-electron chi connectivity index (χ1n) is 8.79. The minimum atomic E-state index is 0.247. The van der Waals surface area contributed by atoms with Gasteiger partial charge in [0, 0.05) is 49.8 Å². The molecule has 24 heavy (non-hydrogen) atoms. The maximum Gasteiger partial charge on any atom is 0.224 e. The first-order valence-corrected chi connectivity index (χ1v) is 8.79. The highest BCUT2D eigenvalue weighted by Crippen LogP contribution is 2.21. The summed E-state index contributed by atoms with van der Waals surface area (Å²) in [5, 5.41) is 4.25. The van der Waals surface area contributed by atoms with Gasteiger partial charge >= 0.3 is 0 Å². The zero-order chi connectivity index (χ0) is 16.9. The number of pyridine rings is 1. The van der Waals surface area contributed by atoms with Gasteiger partial charge < -0.3 is 4.90 Å². The van der Waals surface area contributed by atoms with E-state index in [9.17, 15) is 4.79 Å². The average molecular weight is 326 g/mol. The first-order chi connectivity index (χ1) is 11.6. The Kier molecular flexibility index (Phi) is 5.28. The lowest BCUT2D eigenvalue weighted by atomic mass is 9.91. The van der Waals surface area contributed by atoms with E-state index in [2.05, 4.69) is 22.2 Å². The molecule has 1 aliphatic rings. The van der Waals surface area contributed by atoms with Crippen molar-refractivity contribution in [1.82, 2.24) is 19.7 Å². The molecule has 0 bridgehead atoms. The second kappa shape index (κ2) is 7.60. The van der Waals surface area contributed by atoms with Gasteiger partial charge in [-0.2, -0.15) is 5.10 Å². The number of aryl methyl sites for hydroxylation is 3. The van der Waals surface area contributed by atoms with Crippen LogP contribution in [0, 0.1) is 19.8 Å². The molecule has 2 aromatic heterocycles. The highest BCUT2D eigenvalue weighted by Gasteiger charge is 2.23. The minimum Gasteiger partial charge on any atom is -0.342 e. The van der Waals surface area contributed by atoms with Crippen LogP contribution >= 0.6 is 0 Å². The lowest BCUT2D eigenvalue weighted by Crippen LogP contribution is -2.40. The molecule has 0 N–H and O–H groups in total. The van der Waals surface area contributed by atoms with E-state index >= 15 is 0 Å². The number of carbonyl (C=O) groups is 1. The number of hydrogen-bond acceptors (Lipinski definition) is 3. The molecule has 3 heterocycles. The number of carbonyl (C=O) groups excluding carboxylic acids is 1. The molecule has 0 saturated carbocycles. The predicted octanol–water partition coefficient (Wildman–Crippen LogP) is 2.77. The Morgan fingerprint density at radius 2 is 2.17 bits per heavy atom. The molecule has 1 aliphatic heterocycles. The van der Waals surface area contributed by atoms with Gasteiger partial charge in [-0.05, 0) is 56.7 Å². The Morgan fingerprint density at radius 1 is 1.29 bits per heavy atom. The molecule has 1 saturated heterocycles. The van der Waals surface area contributed by atoms with Gasteiger partial charge in [0.2, 0.25) is 5.91 Å². The van der Waals surface area contributed by atoms with Crippen LogP contribution in [-0.4, -0.2) is 38.7 Å². The van der Waals surface area contributed by atoms with Gasteiger partial charge in [0.1, 0.15) is 0 Å². The summed E-state index contributed by atoms with van der Waals surface area (Å²) in [6.07, 6.45) is 7.58. The van der Waals surface area contributed by atoms with Crippen LogP contribution in [0.4, 0.5) is 0 Å². The largest absolute Gasteiger partial charge is 0.342 e. The minimum absolute atomic E-state index is 0.247. The summed E-state index contributed by atoms with van der Waals surface area (Å²) in [5.41, 5.74) is 3.42. The molecule has 5 heteroatoms. The second-order valence-corrected chi connectivity index (χ2v) is 6.81. The lowest BCUT2D eigenvalue weighted by Gasteiger charge is -2.33. The summed E-state index contributed by atoms with van der Waals surface area (Å²) >= 11 is 0. The Bertz CT molecular complexity index is 677. The average Bonchev–Trinajstić information content (AvgIpc) is 3.00. The van der Waals surface area contributed by atoms with Crippen LogP contribution < -0.4 is 0 Å². The second-order valence-electron chi connectivity index (χ2n) is 6.81. The lowest BCUT2D eigenvalue weighted by molar-refractivity contribution is -0.133. The van der Waals surface area contributed by atoms with E-state index in [0.29, 0.717) is 18.9 Å². The van der Waals surface area contributed by atoms with Crippen molar-refractivity contribution in [3.63, 3.8) is 0 Å². The van der Waals surface area contributed by atoms with Gasteiger partial charge in [-0.25, -0.2) is 0 Å². The molecular formula is C19H26N4O. The fourth-order valence-electron chi connectivity index (χ4n) is 3.40. The van der Waals surface area contributed by atoms with Crippen molar-refractivity contribution in [1.29, 1.82) is 0 Å². The van der Waals surface area contributed by atoms with E-state index in [1.807, 2.05) is 35.7 Å². The summed E-state index contributed by atoms with van der Waals surface area (Å²) in [7, 11) is 0. The van der Waals surface area contributed by atoms with Crippen molar-refractivity contribution in [3.8, 4) is 0 Å². The highest BCUT2D eigenvalue weighted by atomic mass is 16.2. The van der Waals surface area contributed by atoms with Crippen molar-refractivity contribution in [2.45, 2.75) is 46.1 Å². The monoisotopic (exact) mass is 326 g/mol. The molecule has 128 valence electrons. The Balaban J connectivity index is 1.51. The molecule has 1 fully saturated rings. The number of nitrogens with zero attached hydrogens (tertiary/aromatic N) is 4. The molecule has 2 aromatic rings. The normalized spacial score (nSPS) is 17.9. The van der Waals surface area contributed by atoms with Gasteiger partial charge in [0.15, 0.2) is 0 Å². The van der Waals surface area contributed by atoms with E-state index in [0.717, 1.165) is 37.3 Å². The van der Waals surface area contributed by atoms with Crippen LogP contribution in [0.25, 0.3) is 0 Å². The van der Waals surface area contributed by atoms with Crippen LogP contribution in [0.1, 0.15) is 36.2 Å². The van der Waals surface area contributed by atoms with Crippen LogP contribution in [0.15, 0.2) is 30.6 Å².